The highest BCUT2D eigenvalue weighted by Gasteiger charge is 2.26. The minimum Gasteiger partial charge on any atom is -0.487 e. The largest absolute Gasteiger partial charge is 0.487 e. The minimum absolute atomic E-state index is 0.0221. The van der Waals surface area contributed by atoms with E-state index in [2.05, 4.69) is 5.32 Å². The standard InChI is InChI=1S/C13H17ClN2O3/c1-15-11-4-2-3-5-13(11)19-12-7-6-9(16(17)18)8-10(12)14/h6-8,11,13,15H,2-5H2,1H3. The normalized spacial score (nSPS) is 23.1. The highest BCUT2D eigenvalue weighted by molar-refractivity contribution is 6.32. The molecule has 2 atom stereocenters. The molecule has 19 heavy (non-hydrogen) atoms. The highest BCUT2D eigenvalue weighted by atomic mass is 35.5. The summed E-state index contributed by atoms with van der Waals surface area (Å²) in [5.41, 5.74) is -0.0221. The molecule has 0 saturated heterocycles. The van der Waals surface area contributed by atoms with Crippen molar-refractivity contribution in [3.05, 3.63) is 33.3 Å². The molecule has 0 amide bonds. The van der Waals surface area contributed by atoms with E-state index in [1.165, 1.54) is 18.6 Å². The lowest BCUT2D eigenvalue weighted by Crippen LogP contribution is -2.43. The van der Waals surface area contributed by atoms with Crippen LogP contribution in [0.1, 0.15) is 25.7 Å². The van der Waals surface area contributed by atoms with Gasteiger partial charge < -0.3 is 10.1 Å². The zero-order chi connectivity index (χ0) is 13.8. The maximum atomic E-state index is 10.6. The molecule has 104 valence electrons. The third kappa shape index (κ3) is 3.36. The molecule has 0 heterocycles. The van der Waals surface area contributed by atoms with Gasteiger partial charge in [0.2, 0.25) is 0 Å². The third-order valence-corrected chi connectivity index (χ3v) is 3.77. The van der Waals surface area contributed by atoms with E-state index in [4.69, 9.17) is 16.3 Å². The summed E-state index contributed by atoms with van der Waals surface area (Å²) < 4.78 is 5.91. The first kappa shape index (κ1) is 14.1. The molecular weight excluding hydrogens is 268 g/mol. The lowest BCUT2D eigenvalue weighted by molar-refractivity contribution is -0.384. The van der Waals surface area contributed by atoms with E-state index in [1.54, 1.807) is 6.07 Å². The zero-order valence-corrected chi connectivity index (χ0v) is 11.5. The average molecular weight is 285 g/mol. The van der Waals surface area contributed by atoms with Crippen molar-refractivity contribution >= 4 is 17.3 Å². The zero-order valence-electron chi connectivity index (χ0n) is 10.8. The fraction of sp³-hybridized carbons (Fsp3) is 0.538. The van der Waals surface area contributed by atoms with Gasteiger partial charge >= 0.3 is 0 Å². The molecule has 5 nitrogen and oxygen atoms in total. The summed E-state index contributed by atoms with van der Waals surface area (Å²) in [6, 6.07) is 4.62. The van der Waals surface area contributed by atoms with Crippen LogP contribution in [-0.4, -0.2) is 24.1 Å². The van der Waals surface area contributed by atoms with Gasteiger partial charge in [0, 0.05) is 18.2 Å². The molecule has 1 aromatic carbocycles. The second kappa shape index (κ2) is 6.21. The Kier molecular flexibility index (Phi) is 4.61. The van der Waals surface area contributed by atoms with Crippen molar-refractivity contribution in [3.63, 3.8) is 0 Å². The maximum absolute atomic E-state index is 10.6. The van der Waals surface area contributed by atoms with Crippen LogP contribution in [0.4, 0.5) is 5.69 Å². The van der Waals surface area contributed by atoms with Crippen molar-refractivity contribution < 1.29 is 9.66 Å². The molecule has 0 radical (unpaired) electrons. The van der Waals surface area contributed by atoms with Crippen molar-refractivity contribution in [1.82, 2.24) is 5.32 Å². The molecule has 0 bridgehead atoms. The van der Waals surface area contributed by atoms with Crippen molar-refractivity contribution in [2.24, 2.45) is 0 Å². The van der Waals surface area contributed by atoms with Gasteiger partial charge in [0.15, 0.2) is 0 Å². The molecule has 1 saturated carbocycles. The summed E-state index contributed by atoms with van der Waals surface area (Å²) >= 11 is 6.03. The molecule has 1 fully saturated rings. The topological polar surface area (TPSA) is 64.4 Å². The number of ether oxygens (including phenoxy) is 1. The van der Waals surface area contributed by atoms with Crippen molar-refractivity contribution in [2.45, 2.75) is 37.8 Å². The fourth-order valence-electron chi connectivity index (χ4n) is 2.43. The van der Waals surface area contributed by atoms with Crippen molar-refractivity contribution in [3.8, 4) is 5.75 Å². The number of nitro groups is 1. The van der Waals surface area contributed by atoms with Crippen LogP contribution < -0.4 is 10.1 Å². The van der Waals surface area contributed by atoms with E-state index in [9.17, 15) is 10.1 Å². The number of hydrogen-bond donors (Lipinski definition) is 1. The van der Waals surface area contributed by atoms with Crippen LogP contribution >= 0.6 is 11.6 Å². The monoisotopic (exact) mass is 284 g/mol. The number of nitrogens with zero attached hydrogens (tertiary/aromatic N) is 1. The Hall–Kier alpha value is -1.33. The quantitative estimate of drug-likeness (QED) is 0.681. The van der Waals surface area contributed by atoms with Crippen molar-refractivity contribution in [1.29, 1.82) is 0 Å². The molecule has 1 aliphatic rings. The maximum Gasteiger partial charge on any atom is 0.271 e. The van der Waals surface area contributed by atoms with Gasteiger partial charge in [0.1, 0.15) is 11.9 Å². The van der Waals surface area contributed by atoms with E-state index >= 15 is 0 Å². The Morgan fingerprint density at radius 3 is 2.79 bits per heavy atom. The lowest BCUT2D eigenvalue weighted by Gasteiger charge is -2.31. The Bertz CT molecular complexity index is 467. The minimum atomic E-state index is -0.466. The number of rotatable bonds is 4. The van der Waals surface area contributed by atoms with Gasteiger partial charge in [0.05, 0.1) is 9.95 Å². The molecule has 0 aromatic heterocycles. The van der Waals surface area contributed by atoms with Crippen LogP contribution in [0.2, 0.25) is 5.02 Å². The third-order valence-electron chi connectivity index (χ3n) is 3.48. The van der Waals surface area contributed by atoms with E-state index in [-0.39, 0.29) is 16.8 Å². The number of nitro benzene ring substituents is 1. The summed E-state index contributed by atoms with van der Waals surface area (Å²) in [5.74, 6) is 0.513. The number of likely N-dealkylation sites (N-methyl/N-ethyl adjacent to an activating group) is 1. The van der Waals surface area contributed by atoms with E-state index < -0.39 is 4.92 Å². The fourth-order valence-corrected chi connectivity index (χ4v) is 2.65. The summed E-state index contributed by atoms with van der Waals surface area (Å²) in [6.07, 6.45) is 4.44. The Balaban J connectivity index is 2.11. The van der Waals surface area contributed by atoms with Gasteiger partial charge in [-0.2, -0.15) is 0 Å². The SMILES string of the molecule is CNC1CCCCC1Oc1ccc([N+](=O)[O-])cc1Cl. The van der Waals surface area contributed by atoms with Gasteiger partial charge in [0.25, 0.3) is 5.69 Å². The Morgan fingerprint density at radius 2 is 2.16 bits per heavy atom. The number of nitrogens with one attached hydrogen (secondary N) is 1. The lowest BCUT2D eigenvalue weighted by atomic mass is 9.92. The van der Waals surface area contributed by atoms with Crippen LogP contribution in [-0.2, 0) is 0 Å². The van der Waals surface area contributed by atoms with E-state index in [0.29, 0.717) is 11.8 Å². The van der Waals surface area contributed by atoms with Gasteiger partial charge in [-0.15, -0.1) is 0 Å². The summed E-state index contributed by atoms with van der Waals surface area (Å²) in [4.78, 5) is 10.2. The predicted molar refractivity (Wildman–Crippen MR) is 73.8 cm³/mol. The van der Waals surface area contributed by atoms with Gasteiger partial charge in [-0.1, -0.05) is 18.0 Å². The smallest absolute Gasteiger partial charge is 0.271 e. The highest BCUT2D eigenvalue weighted by Crippen LogP contribution is 2.32. The van der Waals surface area contributed by atoms with E-state index in [0.717, 1.165) is 19.3 Å². The Morgan fingerprint density at radius 1 is 1.42 bits per heavy atom. The molecule has 2 unspecified atom stereocenters. The van der Waals surface area contributed by atoms with Crippen LogP contribution in [0.25, 0.3) is 0 Å². The van der Waals surface area contributed by atoms with Gasteiger partial charge in [-0.25, -0.2) is 0 Å². The first-order valence-corrected chi connectivity index (χ1v) is 6.77. The molecule has 2 rings (SSSR count). The Labute approximate surface area is 117 Å². The van der Waals surface area contributed by atoms with Crippen LogP contribution in [0, 0.1) is 10.1 Å². The summed E-state index contributed by atoms with van der Waals surface area (Å²) in [7, 11) is 1.92. The van der Waals surface area contributed by atoms with Crippen LogP contribution in [0.3, 0.4) is 0 Å². The second-order valence-electron chi connectivity index (χ2n) is 4.71. The van der Waals surface area contributed by atoms with Gasteiger partial charge in [-0.05, 0) is 32.4 Å². The molecule has 1 N–H and O–H groups in total. The summed E-state index contributed by atoms with van der Waals surface area (Å²) in [5, 5.41) is 14.2. The molecule has 0 spiro atoms. The molecule has 6 heteroatoms. The number of non-ortho nitro benzene ring substituents is 1. The molecule has 1 aromatic rings. The molecule has 0 aliphatic heterocycles. The number of halogens is 1. The molecular formula is C13H17ClN2O3. The molecule has 1 aliphatic carbocycles. The average Bonchev–Trinajstić information content (AvgIpc) is 2.41. The number of hydrogen-bond acceptors (Lipinski definition) is 4. The number of benzene rings is 1. The van der Waals surface area contributed by atoms with Crippen molar-refractivity contribution in [2.75, 3.05) is 7.05 Å². The van der Waals surface area contributed by atoms with Gasteiger partial charge in [-0.3, -0.25) is 10.1 Å². The second-order valence-corrected chi connectivity index (χ2v) is 5.11. The van der Waals surface area contributed by atoms with Crippen LogP contribution in [0.15, 0.2) is 18.2 Å². The predicted octanol–water partition coefficient (Wildman–Crippen LogP) is 3.16. The van der Waals surface area contributed by atoms with Crippen LogP contribution in [0.5, 0.6) is 5.75 Å². The first-order valence-electron chi connectivity index (χ1n) is 6.39. The first-order chi connectivity index (χ1) is 9.11. The summed E-state index contributed by atoms with van der Waals surface area (Å²) in [6.45, 7) is 0. The van der Waals surface area contributed by atoms with E-state index in [1.807, 2.05) is 7.05 Å².